The summed E-state index contributed by atoms with van der Waals surface area (Å²) >= 11 is 0. The smallest absolute Gasteiger partial charge is 0.261 e. The number of rotatable bonds is 4. The summed E-state index contributed by atoms with van der Waals surface area (Å²) in [6.07, 6.45) is 1.77. The van der Waals surface area contributed by atoms with Gasteiger partial charge in [0.1, 0.15) is 0 Å². The van der Waals surface area contributed by atoms with Gasteiger partial charge in [0.25, 0.3) is 11.8 Å². The highest BCUT2D eigenvalue weighted by molar-refractivity contribution is 6.21. The second-order valence-corrected chi connectivity index (χ2v) is 5.67. The van der Waals surface area contributed by atoms with Gasteiger partial charge in [-0.1, -0.05) is 12.1 Å². The molecule has 0 N–H and O–H groups in total. The van der Waals surface area contributed by atoms with Crippen LogP contribution >= 0.6 is 0 Å². The van der Waals surface area contributed by atoms with Crippen LogP contribution in [-0.2, 0) is 0 Å². The highest BCUT2D eigenvalue weighted by atomic mass is 16.2. The van der Waals surface area contributed by atoms with E-state index >= 15 is 0 Å². The van der Waals surface area contributed by atoms with Gasteiger partial charge < -0.3 is 4.90 Å². The fourth-order valence-electron chi connectivity index (χ4n) is 2.49. The van der Waals surface area contributed by atoms with Gasteiger partial charge in [0.2, 0.25) is 5.95 Å². The number of aryl methyl sites for hydroxylation is 2. The van der Waals surface area contributed by atoms with Gasteiger partial charge in [-0.3, -0.25) is 14.5 Å². The third-order valence-corrected chi connectivity index (χ3v) is 4.09. The fourth-order valence-corrected chi connectivity index (χ4v) is 2.49. The van der Waals surface area contributed by atoms with E-state index in [4.69, 9.17) is 0 Å². The summed E-state index contributed by atoms with van der Waals surface area (Å²) in [5.74, 6) is 0.115. The van der Waals surface area contributed by atoms with Crippen LogP contribution in [0.15, 0.2) is 30.5 Å². The number of amides is 2. The maximum atomic E-state index is 12.3. The average Bonchev–Trinajstić information content (AvgIpc) is 2.80. The van der Waals surface area contributed by atoms with Crippen LogP contribution in [0.3, 0.4) is 0 Å². The third kappa shape index (κ3) is 2.67. The number of fused-ring (bicyclic) bond motifs is 1. The summed E-state index contributed by atoms with van der Waals surface area (Å²) in [4.78, 5) is 36.5. The number of anilines is 1. The van der Waals surface area contributed by atoms with Gasteiger partial charge in [-0.15, -0.1) is 0 Å². The van der Waals surface area contributed by atoms with Gasteiger partial charge in [-0.05, 0) is 31.5 Å². The lowest BCUT2D eigenvalue weighted by molar-refractivity contribution is 0.0658. The molecule has 0 saturated heterocycles. The summed E-state index contributed by atoms with van der Waals surface area (Å²) in [5, 5.41) is 0. The van der Waals surface area contributed by atoms with Crippen molar-refractivity contribution in [2.75, 3.05) is 25.0 Å². The predicted octanol–water partition coefficient (Wildman–Crippen LogP) is 1.83. The molecule has 1 aromatic heterocycles. The summed E-state index contributed by atoms with van der Waals surface area (Å²) in [7, 11) is 1.85. The van der Waals surface area contributed by atoms with Crippen molar-refractivity contribution >= 4 is 17.8 Å². The molecule has 0 unspecified atom stereocenters. The largest absolute Gasteiger partial charge is 0.342 e. The number of benzene rings is 1. The van der Waals surface area contributed by atoms with Crippen LogP contribution in [0, 0.1) is 13.8 Å². The highest BCUT2D eigenvalue weighted by Gasteiger charge is 2.34. The molecule has 1 aliphatic heterocycles. The second kappa shape index (κ2) is 5.79. The molecular weight excluding hydrogens is 292 g/mol. The standard InChI is InChI=1S/C17H18N4O2/c1-11-10-18-17(19-12(11)2)20(3)8-9-21-15(22)13-6-4-5-7-14(13)16(21)23/h4-7,10H,8-9H2,1-3H3. The van der Waals surface area contributed by atoms with Gasteiger partial charge in [0.15, 0.2) is 0 Å². The number of carbonyl (C=O) groups is 2. The Kier molecular flexibility index (Phi) is 3.82. The Morgan fingerprint density at radius 1 is 1.09 bits per heavy atom. The lowest BCUT2D eigenvalue weighted by Crippen LogP contribution is -2.37. The Hall–Kier alpha value is -2.76. The van der Waals surface area contributed by atoms with Crippen LogP contribution in [0.4, 0.5) is 5.95 Å². The molecule has 0 spiro atoms. The van der Waals surface area contributed by atoms with Crippen LogP contribution in [0.25, 0.3) is 0 Å². The normalized spacial score (nSPS) is 13.4. The van der Waals surface area contributed by atoms with E-state index in [-0.39, 0.29) is 11.8 Å². The van der Waals surface area contributed by atoms with Gasteiger partial charge in [-0.25, -0.2) is 9.97 Å². The molecule has 0 saturated carbocycles. The van der Waals surface area contributed by atoms with E-state index in [0.717, 1.165) is 11.3 Å². The van der Waals surface area contributed by atoms with Crippen molar-refractivity contribution in [2.24, 2.45) is 0 Å². The Balaban J connectivity index is 1.70. The first-order valence-electron chi connectivity index (χ1n) is 7.45. The Morgan fingerprint density at radius 2 is 1.70 bits per heavy atom. The minimum absolute atomic E-state index is 0.236. The summed E-state index contributed by atoms with van der Waals surface area (Å²) < 4.78 is 0. The van der Waals surface area contributed by atoms with Gasteiger partial charge in [0.05, 0.1) is 11.1 Å². The average molecular weight is 310 g/mol. The molecule has 0 bridgehead atoms. The van der Waals surface area contributed by atoms with Crippen molar-refractivity contribution < 1.29 is 9.59 Å². The van der Waals surface area contributed by atoms with Gasteiger partial charge in [0, 0.05) is 32.0 Å². The number of nitrogens with zero attached hydrogens (tertiary/aromatic N) is 4. The van der Waals surface area contributed by atoms with Gasteiger partial charge >= 0.3 is 0 Å². The highest BCUT2D eigenvalue weighted by Crippen LogP contribution is 2.22. The second-order valence-electron chi connectivity index (χ2n) is 5.67. The molecule has 0 atom stereocenters. The van der Waals surface area contributed by atoms with E-state index in [1.54, 1.807) is 30.5 Å². The molecule has 2 amide bonds. The van der Waals surface area contributed by atoms with Crippen LogP contribution < -0.4 is 4.90 Å². The van der Waals surface area contributed by atoms with E-state index in [0.29, 0.717) is 30.2 Å². The maximum Gasteiger partial charge on any atom is 0.261 e. The topological polar surface area (TPSA) is 66.4 Å². The first-order chi connectivity index (χ1) is 11.0. The molecule has 3 rings (SSSR count). The zero-order chi connectivity index (χ0) is 16.6. The van der Waals surface area contributed by atoms with Crippen LogP contribution in [0.1, 0.15) is 32.0 Å². The third-order valence-electron chi connectivity index (χ3n) is 4.09. The summed E-state index contributed by atoms with van der Waals surface area (Å²) in [6.45, 7) is 4.67. The van der Waals surface area contributed by atoms with E-state index in [1.807, 2.05) is 25.8 Å². The van der Waals surface area contributed by atoms with Crippen LogP contribution in [0.2, 0.25) is 0 Å². The maximum absolute atomic E-state index is 12.3. The van der Waals surface area contributed by atoms with E-state index in [9.17, 15) is 9.59 Å². The molecule has 0 fully saturated rings. The molecule has 0 radical (unpaired) electrons. The summed E-state index contributed by atoms with van der Waals surface area (Å²) in [6, 6.07) is 6.91. The van der Waals surface area contributed by atoms with Crippen molar-refractivity contribution in [3.8, 4) is 0 Å². The Labute approximate surface area is 134 Å². The Bertz CT molecular complexity index is 753. The van der Waals surface area contributed by atoms with E-state index < -0.39 is 0 Å². The number of likely N-dealkylation sites (N-methyl/N-ethyl adjacent to an activating group) is 1. The molecule has 23 heavy (non-hydrogen) atoms. The number of hydrogen-bond acceptors (Lipinski definition) is 5. The van der Waals surface area contributed by atoms with Crippen LogP contribution in [-0.4, -0.2) is 46.8 Å². The zero-order valence-corrected chi connectivity index (χ0v) is 13.4. The predicted molar refractivity (Wildman–Crippen MR) is 86.6 cm³/mol. The van der Waals surface area contributed by atoms with E-state index in [2.05, 4.69) is 9.97 Å². The lowest BCUT2D eigenvalue weighted by Gasteiger charge is -2.21. The Morgan fingerprint density at radius 3 is 2.26 bits per heavy atom. The van der Waals surface area contributed by atoms with Gasteiger partial charge in [-0.2, -0.15) is 0 Å². The lowest BCUT2D eigenvalue weighted by atomic mass is 10.1. The van der Waals surface area contributed by atoms with Crippen LogP contribution in [0.5, 0.6) is 0 Å². The number of imide groups is 1. The SMILES string of the molecule is Cc1cnc(N(C)CCN2C(=O)c3ccccc3C2=O)nc1C. The first kappa shape index (κ1) is 15.1. The molecule has 2 heterocycles. The molecule has 2 aromatic rings. The van der Waals surface area contributed by atoms with Crippen molar-refractivity contribution in [1.29, 1.82) is 0 Å². The quantitative estimate of drug-likeness (QED) is 0.806. The molecule has 6 nitrogen and oxygen atoms in total. The minimum Gasteiger partial charge on any atom is -0.342 e. The molecule has 6 heteroatoms. The van der Waals surface area contributed by atoms with Crippen molar-refractivity contribution in [3.05, 3.63) is 52.8 Å². The summed E-state index contributed by atoms with van der Waals surface area (Å²) in [5.41, 5.74) is 2.90. The molecular formula is C17H18N4O2. The first-order valence-corrected chi connectivity index (χ1v) is 7.45. The molecule has 118 valence electrons. The number of carbonyl (C=O) groups excluding carboxylic acids is 2. The van der Waals surface area contributed by atoms with E-state index in [1.165, 1.54) is 4.90 Å². The van der Waals surface area contributed by atoms with Crippen molar-refractivity contribution in [1.82, 2.24) is 14.9 Å². The van der Waals surface area contributed by atoms with Crippen molar-refractivity contribution in [3.63, 3.8) is 0 Å². The molecule has 0 aliphatic carbocycles. The zero-order valence-electron chi connectivity index (χ0n) is 13.4. The fraction of sp³-hybridized carbons (Fsp3) is 0.294. The number of hydrogen-bond donors (Lipinski definition) is 0. The molecule has 1 aromatic carbocycles. The molecule has 1 aliphatic rings. The minimum atomic E-state index is -0.236. The number of aromatic nitrogens is 2. The monoisotopic (exact) mass is 310 g/mol. The van der Waals surface area contributed by atoms with Crippen molar-refractivity contribution in [2.45, 2.75) is 13.8 Å².